The van der Waals surface area contributed by atoms with E-state index in [2.05, 4.69) is 5.32 Å². The molecule has 3 rings (SSSR count). The predicted molar refractivity (Wildman–Crippen MR) is 101 cm³/mol. The maximum Gasteiger partial charge on any atom is 0.122 e. The zero-order valence-corrected chi connectivity index (χ0v) is 15.6. The van der Waals surface area contributed by atoms with Crippen LogP contribution in [0.25, 0.3) is 0 Å². The molecule has 2 N–H and O–H groups in total. The minimum atomic E-state index is -1.17. The van der Waals surface area contributed by atoms with E-state index in [0.717, 1.165) is 29.2 Å². The van der Waals surface area contributed by atoms with Crippen molar-refractivity contribution in [2.45, 2.75) is 24.5 Å². The average molecular weight is 357 g/mol. The molecule has 1 heterocycles. The van der Waals surface area contributed by atoms with E-state index in [0.29, 0.717) is 13.2 Å². The summed E-state index contributed by atoms with van der Waals surface area (Å²) >= 11 is 0. The van der Waals surface area contributed by atoms with Crippen LogP contribution in [0, 0.1) is 0 Å². The van der Waals surface area contributed by atoms with Crippen LogP contribution in [0.15, 0.2) is 48.5 Å². The molecular weight excluding hydrogens is 330 g/mol. The lowest BCUT2D eigenvalue weighted by molar-refractivity contribution is -0.117. The van der Waals surface area contributed by atoms with Crippen LogP contribution in [-0.4, -0.2) is 50.7 Å². The molecule has 2 aromatic rings. The van der Waals surface area contributed by atoms with Gasteiger partial charge in [-0.25, -0.2) is 0 Å². The van der Waals surface area contributed by atoms with Crippen molar-refractivity contribution < 1.29 is 19.3 Å². The fourth-order valence-electron chi connectivity index (χ4n) is 3.73. The van der Waals surface area contributed by atoms with Gasteiger partial charge >= 0.3 is 0 Å². The van der Waals surface area contributed by atoms with Gasteiger partial charge in [0, 0.05) is 30.1 Å². The highest BCUT2D eigenvalue weighted by Gasteiger charge is 2.45. The van der Waals surface area contributed by atoms with Gasteiger partial charge in [-0.3, -0.25) is 0 Å². The van der Waals surface area contributed by atoms with Crippen molar-refractivity contribution in [2.24, 2.45) is 0 Å². The van der Waals surface area contributed by atoms with E-state index in [4.69, 9.17) is 14.2 Å². The first kappa shape index (κ1) is 18.7. The van der Waals surface area contributed by atoms with E-state index < -0.39 is 5.60 Å². The highest BCUT2D eigenvalue weighted by atomic mass is 16.5. The molecule has 26 heavy (non-hydrogen) atoms. The Kier molecular flexibility index (Phi) is 5.81. The summed E-state index contributed by atoms with van der Waals surface area (Å²) in [4.78, 5) is 0. The molecule has 0 bridgehead atoms. The molecule has 0 aromatic heterocycles. The van der Waals surface area contributed by atoms with Gasteiger partial charge in [0.05, 0.1) is 26.9 Å². The molecule has 0 spiro atoms. The smallest absolute Gasteiger partial charge is 0.122 e. The normalized spacial score (nSPS) is 19.8. The first-order valence-electron chi connectivity index (χ1n) is 8.90. The number of methoxy groups -OCH3 is 2. The van der Waals surface area contributed by atoms with Gasteiger partial charge in [0.15, 0.2) is 0 Å². The van der Waals surface area contributed by atoms with Gasteiger partial charge in [0.25, 0.3) is 0 Å². The molecule has 1 fully saturated rings. The second-order valence-electron chi connectivity index (χ2n) is 6.71. The molecule has 1 aliphatic heterocycles. The fourth-order valence-corrected chi connectivity index (χ4v) is 3.73. The Labute approximate surface area is 154 Å². The van der Waals surface area contributed by atoms with E-state index >= 15 is 0 Å². The molecular formula is C21H27NO4. The number of ether oxygens (including phenoxy) is 3. The van der Waals surface area contributed by atoms with Crippen molar-refractivity contribution >= 4 is 0 Å². The number of para-hydroxylation sites is 2. The number of morpholine rings is 1. The standard InChI is InChI=1S/C21H27NO4/c1-21(23,19-14-22-12-13-26-19)20(15-8-4-6-10-17(15)24-2)16-9-5-7-11-18(16)25-3/h4-11,19-20,22-23H,12-14H2,1-3H3. The first-order chi connectivity index (χ1) is 12.6. The van der Waals surface area contributed by atoms with Gasteiger partial charge < -0.3 is 24.6 Å². The van der Waals surface area contributed by atoms with Crippen LogP contribution < -0.4 is 14.8 Å². The van der Waals surface area contributed by atoms with Gasteiger partial charge in [0.2, 0.25) is 0 Å². The second kappa shape index (κ2) is 8.08. The molecule has 1 saturated heterocycles. The van der Waals surface area contributed by atoms with Crippen molar-refractivity contribution in [1.29, 1.82) is 0 Å². The number of hydrogen-bond acceptors (Lipinski definition) is 5. The van der Waals surface area contributed by atoms with Crippen LogP contribution in [-0.2, 0) is 4.74 Å². The molecule has 0 amide bonds. The van der Waals surface area contributed by atoms with Crippen molar-refractivity contribution in [1.82, 2.24) is 5.32 Å². The van der Waals surface area contributed by atoms with Crippen molar-refractivity contribution in [3.63, 3.8) is 0 Å². The quantitative estimate of drug-likeness (QED) is 0.832. The largest absolute Gasteiger partial charge is 0.496 e. The van der Waals surface area contributed by atoms with Gasteiger partial charge in [-0.05, 0) is 19.1 Å². The summed E-state index contributed by atoms with van der Waals surface area (Å²) in [6.45, 7) is 3.79. The lowest BCUT2D eigenvalue weighted by Gasteiger charge is -2.42. The van der Waals surface area contributed by atoms with E-state index in [9.17, 15) is 5.11 Å². The van der Waals surface area contributed by atoms with E-state index in [1.807, 2.05) is 55.5 Å². The number of aliphatic hydroxyl groups is 1. The highest BCUT2D eigenvalue weighted by molar-refractivity contribution is 5.49. The second-order valence-corrected chi connectivity index (χ2v) is 6.71. The first-order valence-corrected chi connectivity index (χ1v) is 8.90. The van der Waals surface area contributed by atoms with Crippen LogP contribution >= 0.6 is 0 Å². The number of benzene rings is 2. The summed E-state index contributed by atoms with van der Waals surface area (Å²) < 4.78 is 17.1. The Morgan fingerprint density at radius 3 is 2.04 bits per heavy atom. The predicted octanol–water partition coefficient (Wildman–Crippen LogP) is 2.58. The lowest BCUT2D eigenvalue weighted by atomic mass is 9.74. The minimum Gasteiger partial charge on any atom is -0.496 e. The molecule has 5 nitrogen and oxygen atoms in total. The Bertz CT molecular complexity index is 678. The van der Waals surface area contributed by atoms with E-state index in [1.54, 1.807) is 14.2 Å². The molecule has 5 heteroatoms. The van der Waals surface area contributed by atoms with Crippen LogP contribution in [0.4, 0.5) is 0 Å². The van der Waals surface area contributed by atoms with Gasteiger partial charge in [-0.15, -0.1) is 0 Å². The number of rotatable bonds is 6. The van der Waals surface area contributed by atoms with Gasteiger partial charge in [0.1, 0.15) is 17.1 Å². The Balaban J connectivity index is 2.15. The number of hydrogen-bond donors (Lipinski definition) is 2. The maximum atomic E-state index is 11.7. The topological polar surface area (TPSA) is 60.0 Å². The van der Waals surface area contributed by atoms with Crippen molar-refractivity contribution in [3.8, 4) is 11.5 Å². The SMILES string of the molecule is COc1ccccc1C(c1ccccc1OC)C(C)(O)C1CNCCO1. The van der Waals surface area contributed by atoms with Crippen LogP contribution in [0.1, 0.15) is 24.0 Å². The van der Waals surface area contributed by atoms with Crippen LogP contribution in [0.3, 0.4) is 0 Å². The zero-order chi connectivity index (χ0) is 18.6. The third-order valence-electron chi connectivity index (χ3n) is 5.06. The molecule has 0 radical (unpaired) electrons. The Hall–Kier alpha value is -2.08. The fraction of sp³-hybridized carbons (Fsp3) is 0.429. The summed E-state index contributed by atoms with van der Waals surface area (Å²) in [6.07, 6.45) is -0.351. The highest BCUT2D eigenvalue weighted by Crippen LogP contribution is 2.44. The Morgan fingerprint density at radius 2 is 1.58 bits per heavy atom. The molecule has 0 aliphatic carbocycles. The zero-order valence-electron chi connectivity index (χ0n) is 15.6. The third-order valence-corrected chi connectivity index (χ3v) is 5.06. The minimum absolute atomic E-state index is 0.351. The monoisotopic (exact) mass is 357 g/mol. The maximum absolute atomic E-state index is 11.7. The summed E-state index contributed by atoms with van der Waals surface area (Å²) in [6, 6.07) is 15.6. The third kappa shape index (κ3) is 3.56. The van der Waals surface area contributed by atoms with Gasteiger partial charge in [-0.1, -0.05) is 36.4 Å². The molecule has 140 valence electrons. The molecule has 0 saturated carbocycles. The van der Waals surface area contributed by atoms with Crippen molar-refractivity contribution in [2.75, 3.05) is 33.9 Å². The summed E-state index contributed by atoms with van der Waals surface area (Å²) in [7, 11) is 3.29. The van der Waals surface area contributed by atoms with Gasteiger partial charge in [-0.2, -0.15) is 0 Å². The molecule has 2 aromatic carbocycles. The van der Waals surface area contributed by atoms with E-state index in [1.165, 1.54) is 0 Å². The molecule has 2 atom stereocenters. The Morgan fingerprint density at radius 1 is 1.04 bits per heavy atom. The lowest BCUT2D eigenvalue weighted by Crippen LogP contribution is -2.54. The van der Waals surface area contributed by atoms with E-state index in [-0.39, 0.29) is 12.0 Å². The summed E-state index contributed by atoms with van der Waals surface area (Å²) in [5.41, 5.74) is 0.633. The summed E-state index contributed by atoms with van der Waals surface area (Å²) in [5.74, 6) is 1.08. The van der Waals surface area contributed by atoms with Crippen LogP contribution in [0.2, 0.25) is 0 Å². The average Bonchev–Trinajstić information content (AvgIpc) is 2.69. The molecule has 2 unspecified atom stereocenters. The van der Waals surface area contributed by atoms with Crippen molar-refractivity contribution in [3.05, 3.63) is 59.7 Å². The number of nitrogens with one attached hydrogen (secondary N) is 1. The van der Waals surface area contributed by atoms with Crippen LogP contribution in [0.5, 0.6) is 11.5 Å². The summed E-state index contributed by atoms with van der Waals surface area (Å²) in [5, 5.41) is 15.0. The molecule has 1 aliphatic rings.